The third kappa shape index (κ3) is 22.3. The van der Waals surface area contributed by atoms with Crippen molar-refractivity contribution >= 4 is 0 Å². The molecule has 0 aliphatic rings. The van der Waals surface area contributed by atoms with Crippen LogP contribution in [0.3, 0.4) is 0 Å². The van der Waals surface area contributed by atoms with Gasteiger partial charge in [-0.3, -0.25) is 0 Å². The molecule has 0 saturated carbocycles. The molecule has 0 aliphatic heterocycles. The van der Waals surface area contributed by atoms with Crippen molar-refractivity contribution in [3.63, 3.8) is 0 Å². The summed E-state index contributed by atoms with van der Waals surface area (Å²) in [5, 5.41) is 0. The van der Waals surface area contributed by atoms with Crippen LogP contribution in [0.5, 0.6) is 0 Å². The maximum Gasteiger partial charge on any atom is -0.00187 e. The van der Waals surface area contributed by atoms with Gasteiger partial charge in [-0.15, -0.1) is 0 Å². The predicted octanol–water partition coefficient (Wildman–Crippen LogP) is 9.25. The average molecular weight is 396 g/mol. The topological polar surface area (TPSA) is 3.24 Å². The van der Waals surface area contributed by atoms with E-state index in [0.717, 1.165) is 11.8 Å². The van der Waals surface area contributed by atoms with Crippen molar-refractivity contribution in [2.24, 2.45) is 11.8 Å². The van der Waals surface area contributed by atoms with Gasteiger partial charge in [-0.05, 0) is 50.7 Å². The van der Waals surface area contributed by atoms with Crippen LogP contribution in [-0.2, 0) is 0 Å². The van der Waals surface area contributed by atoms with Crippen LogP contribution in [0, 0.1) is 11.8 Å². The molecule has 0 aromatic heterocycles. The smallest absolute Gasteiger partial charge is 0.00187 e. The minimum Gasteiger partial charge on any atom is -0.303 e. The highest BCUT2D eigenvalue weighted by Gasteiger charge is 2.05. The van der Waals surface area contributed by atoms with Gasteiger partial charge in [-0.1, -0.05) is 125 Å². The molecule has 0 radical (unpaired) electrons. The Labute approximate surface area is 180 Å². The second-order valence-corrected chi connectivity index (χ2v) is 10.2. The normalized spacial score (nSPS) is 12.0. The summed E-state index contributed by atoms with van der Waals surface area (Å²) in [5.41, 5.74) is 0. The molecular weight excluding hydrogens is 338 g/mol. The van der Waals surface area contributed by atoms with Crippen LogP contribution >= 0.6 is 0 Å². The molecule has 0 unspecified atom stereocenters. The maximum absolute atomic E-state index is 2.80. The minimum atomic E-state index is 0.883. The van der Waals surface area contributed by atoms with E-state index in [4.69, 9.17) is 0 Å². The standard InChI is InChI=1S/C27H57N/c1-6-7-8-13-18-23-28(24-19-14-9-11-16-21-26(2)3)25-20-15-10-12-17-22-27(4)5/h26-27H,6-25H2,1-5H3. The van der Waals surface area contributed by atoms with Crippen LogP contribution in [0.25, 0.3) is 0 Å². The maximum atomic E-state index is 2.80. The Morgan fingerprint density at radius 1 is 0.429 bits per heavy atom. The number of hydrogen-bond acceptors (Lipinski definition) is 1. The molecule has 0 spiro atoms. The highest BCUT2D eigenvalue weighted by atomic mass is 15.1. The Hall–Kier alpha value is -0.0400. The van der Waals surface area contributed by atoms with Gasteiger partial charge >= 0.3 is 0 Å². The summed E-state index contributed by atoms with van der Waals surface area (Å²) in [5.74, 6) is 1.77. The summed E-state index contributed by atoms with van der Waals surface area (Å²) in [4.78, 5) is 2.80. The van der Waals surface area contributed by atoms with Gasteiger partial charge in [0.15, 0.2) is 0 Å². The Balaban J connectivity index is 3.81. The SMILES string of the molecule is CCCCCCCN(CCCCCCCC(C)C)CCCCCCCC(C)C. The molecule has 0 amide bonds. The fourth-order valence-electron chi connectivity index (χ4n) is 4.11. The summed E-state index contributed by atoms with van der Waals surface area (Å²) in [7, 11) is 0. The Kier molecular flexibility index (Phi) is 21.6. The highest BCUT2D eigenvalue weighted by Crippen LogP contribution is 2.13. The average Bonchev–Trinajstić information content (AvgIpc) is 2.65. The lowest BCUT2D eigenvalue weighted by Gasteiger charge is -2.22. The number of rotatable bonds is 22. The van der Waals surface area contributed by atoms with E-state index in [1.54, 1.807) is 0 Å². The first-order valence-corrected chi connectivity index (χ1v) is 13.3. The van der Waals surface area contributed by atoms with Crippen molar-refractivity contribution in [2.45, 2.75) is 144 Å². The Morgan fingerprint density at radius 2 is 0.750 bits per heavy atom. The largest absolute Gasteiger partial charge is 0.303 e. The molecule has 0 heterocycles. The van der Waals surface area contributed by atoms with E-state index in [1.165, 1.54) is 129 Å². The number of unbranched alkanes of at least 4 members (excludes halogenated alkanes) is 12. The molecule has 28 heavy (non-hydrogen) atoms. The fraction of sp³-hybridized carbons (Fsp3) is 1.00. The number of hydrogen-bond donors (Lipinski definition) is 0. The van der Waals surface area contributed by atoms with E-state index in [9.17, 15) is 0 Å². The highest BCUT2D eigenvalue weighted by molar-refractivity contribution is 4.60. The van der Waals surface area contributed by atoms with Gasteiger partial charge < -0.3 is 4.90 Å². The molecule has 0 aromatic rings. The molecular formula is C27H57N. The van der Waals surface area contributed by atoms with Crippen molar-refractivity contribution in [1.82, 2.24) is 4.90 Å². The lowest BCUT2D eigenvalue weighted by molar-refractivity contribution is 0.254. The van der Waals surface area contributed by atoms with Crippen molar-refractivity contribution < 1.29 is 0 Å². The van der Waals surface area contributed by atoms with Gasteiger partial charge in [0.1, 0.15) is 0 Å². The molecule has 0 N–H and O–H groups in total. The van der Waals surface area contributed by atoms with Crippen LogP contribution in [-0.4, -0.2) is 24.5 Å². The summed E-state index contributed by atoms with van der Waals surface area (Å²) in [6.07, 6.45) is 24.3. The molecule has 1 heteroatoms. The van der Waals surface area contributed by atoms with Gasteiger partial charge in [-0.2, -0.15) is 0 Å². The molecule has 0 saturated heterocycles. The molecule has 0 aliphatic carbocycles. The van der Waals surface area contributed by atoms with Gasteiger partial charge in [0.25, 0.3) is 0 Å². The van der Waals surface area contributed by atoms with Crippen LogP contribution < -0.4 is 0 Å². The third-order valence-corrected chi connectivity index (χ3v) is 6.09. The van der Waals surface area contributed by atoms with Crippen LogP contribution in [0.15, 0.2) is 0 Å². The van der Waals surface area contributed by atoms with Crippen molar-refractivity contribution in [3.05, 3.63) is 0 Å². The summed E-state index contributed by atoms with van der Waals surface area (Å²) >= 11 is 0. The van der Waals surface area contributed by atoms with E-state index in [0.29, 0.717) is 0 Å². The zero-order chi connectivity index (χ0) is 20.9. The zero-order valence-electron chi connectivity index (χ0n) is 20.7. The molecule has 0 bridgehead atoms. The third-order valence-electron chi connectivity index (χ3n) is 6.09. The van der Waals surface area contributed by atoms with Crippen LogP contribution in [0.2, 0.25) is 0 Å². The quantitative estimate of drug-likeness (QED) is 0.165. The lowest BCUT2D eigenvalue weighted by atomic mass is 10.0. The minimum absolute atomic E-state index is 0.883. The second kappa shape index (κ2) is 21.7. The molecule has 1 nitrogen and oxygen atoms in total. The Bertz CT molecular complexity index is 262. The fourth-order valence-corrected chi connectivity index (χ4v) is 4.11. The molecule has 0 aromatic carbocycles. The van der Waals surface area contributed by atoms with Crippen molar-refractivity contribution in [2.75, 3.05) is 19.6 Å². The van der Waals surface area contributed by atoms with E-state index >= 15 is 0 Å². The molecule has 0 fully saturated rings. The summed E-state index contributed by atoms with van der Waals surface area (Å²) in [6, 6.07) is 0. The Morgan fingerprint density at radius 3 is 1.11 bits per heavy atom. The molecule has 0 rings (SSSR count). The van der Waals surface area contributed by atoms with Crippen LogP contribution in [0.4, 0.5) is 0 Å². The first-order chi connectivity index (χ1) is 13.6. The molecule has 170 valence electrons. The van der Waals surface area contributed by atoms with Crippen molar-refractivity contribution in [1.29, 1.82) is 0 Å². The lowest BCUT2D eigenvalue weighted by Crippen LogP contribution is -2.27. The predicted molar refractivity (Wildman–Crippen MR) is 130 cm³/mol. The summed E-state index contributed by atoms with van der Waals surface area (Å²) < 4.78 is 0. The van der Waals surface area contributed by atoms with E-state index < -0.39 is 0 Å². The van der Waals surface area contributed by atoms with Gasteiger partial charge in [-0.25, -0.2) is 0 Å². The van der Waals surface area contributed by atoms with Gasteiger partial charge in [0.2, 0.25) is 0 Å². The van der Waals surface area contributed by atoms with E-state index in [1.807, 2.05) is 0 Å². The van der Waals surface area contributed by atoms with E-state index in [-0.39, 0.29) is 0 Å². The summed E-state index contributed by atoms with van der Waals surface area (Å²) in [6.45, 7) is 15.8. The van der Waals surface area contributed by atoms with E-state index in [2.05, 4.69) is 39.5 Å². The second-order valence-electron chi connectivity index (χ2n) is 10.2. The first-order valence-electron chi connectivity index (χ1n) is 13.3. The van der Waals surface area contributed by atoms with Crippen LogP contribution in [0.1, 0.15) is 144 Å². The van der Waals surface area contributed by atoms with Crippen molar-refractivity contribution in [3.8, 4) is 0 Å². The van der Waals surface area contributed by atoms with Gasteiger partial charge in [0.05, 0.1) is 0 Å². The zero-order valence-corrected chi connectivity index (χ0v) is 20.7. The van der Waals surface area contributed by atoms with Gasteiger partial charge in [0, 0.05) is 0 Å². The molecule has 0 atom stereocenters. The monoisotopic (exact) mass is 395 g/mol. The first kappa shape index (κ1) is 28.0. The number of nitrogens with zero attached hydrogens (tertiary/aromatic N) is 1.